The van der Waals surface area contributed by atoms with Crippen molar-refractivity contribution in [3.63, 3.8) is 0 Å². The highest BCUT2D eigenvalue weighted by Gasteiger charge is 2.01. The molecule has 0 fully saturated rings. The highest BCUT2D eigenvalue weighted by atomic mass is 16.5. The molecule has 0 aliphatic carbocycles. The van der Waals surface area contributed by atoms with E-state index in [0.29, 0.717) is 11.5 Å². The van der Waals surface area contributed by atoms with Gasteiger partial charge >= 0.3 is 0 Å². The molecule has 0 saturated heterocycles. The van der Waals surface area contributed by atoms with E-state index in [2.05, 4.69) is 15.3 Å². The van der Waals surface area contributed by atoms with E-state index in [-0.39, 0.29) is 0 Å². The normalized spacial score (nSPS) is 9.75. The van der Waals surface area contributed by atoms with Crippen LogP contribution in [0.15, 0.2) is 12.4 Å². The standard InChI is InChI=1S/C11H16N4O/c1-16-8-4-2-3-5-14-11-10(9-12)13-6-7-15-11/h6-7H,2-5,8H2,1H3,(H,14,15). The molecule has 0 bridgehead atoms. The number of nitrogens with one attached hydrogen (secondary N) is 1. The fraction of sp³-hybridized carbons (Fsp3) is 0.545. The van der Waals surface area contributed by atoms with Crippen molar-refractivity contribution in [2.24, 2.45) is 0 Å². The maximum absolute atomic E-state index is 8.78. The lowest BCUT2D eigenvalue weighted by atomic mass is 10.2. The summed E-state index contributed by atoms with van der Waals surface area (Å²) < 4.78 is 4.96. The fourth-order valence-corrected chi connectivity index (χ4v) is 1.30. The summed E-state index contributed by atoms with van der Waals surface area (Å²) in [7, 11) is 1.71. The molecule has 1 aromatic heterocycles. The monoisotopic (exact) mass is 220 g/mol. The van der Waals surface area contributed by atoms with Crippen LogP contribution in [0.1, 0.15) is 25.0 Å². The number of hydrogen-bond acceptors (Lipinski definition) is 5. The number of nitriles is 1. The van der Waals surface area contributed by atoms with Crippen LogP contribution in [0.5, 0.6) is 0 Å². The summed E-state index contributed by atoms with van der Waals surface area (Å²) in [6.45, 7) is 1.60. The van der Waals surface area contributed by atoms with E-state index >= 15 is 0 Å². The minimum absolute atomic E-state index is 0.347. The zero-order valence-corrected chi connectivity index (χ0v) is 9.44. The van der Waals surface area contributed by atoms with Gasteiger partial charge in [-0.2, -0.15) is 5.26 Å². The van der Waals surface area contributed by atoms with E-state index in [4.69, 9.17) is 10.00 Å². The zero-order valence-electron chi connectivity index (χ0n) is 9.44. The molecule has 1 heterocycles. The minimum atomic E-state index is 0.347. The third-order valence-corrected chi connectivity index (χ3v) is 2.12. The second-order valence-electron chi connectivity index (χ2n) is 3.35. The zero-order chi connectivity index (χ0) is 11.6. The van der Waals surface area contributed by atoms with Gasteiger partial charge < -0.3 is 10.1 Å². The number of nitrogens with zero attached hydrogens (tertiary/aromatic N) is 3. The van der Waals surface area contributed by atoms with Crippen LogP contribution >= 0.6 is 0 Å². The summed E-state index contributed by atoms with van der Waals surface area (Å²) >= 11 is 0. The highest BCUT2D eigenvalue weighted by Crippen LogP contribution is 2.06. The Kier molecular flexibility index (Phi) is 5.89. The van der Waals surface area contributed by atoms with E-state index in [1.807, 2.05) is 6.07 Å². The molecule has 16 heavy (non-hydrogen) atoms. The van der Waals surface area contributed by atoms with Gasteiger partial charge in [-0.3, -0.25) is 0 Å². The van der Waals surface area contributed by atoms with Crippen LogP contribution in [0.3, 0.4) is 0 Å². The summed E-state index contributed by atoms with van der Waals surface area (Å²) in [4.78, 5) is 7.98. The van der Waals surface area contributed by atoms with Crippen molar-refractivity contribution >= 4 is 5.82 Å². The van der Waals surface area contributed by atoms with Gasteiger partial charge in [0.25, 0.3) is 0 Å². The maximum Gasteiger partial charge on any atom is 0.182 e. The highest BCUT2D eigenvalue weighted by molar-refractivity contribution is 5.46. The summed E-state index contributed by atoms with van der Waals surface area (Å²) in [6, 6.07) is 2.00. The molecule has 5 heteroatoms. The molecule has 0 amide bonds. The Hall–Kier alpha value is -1.67. The number of rotatable bonds is 7. The smallest absolute Gasteiger partial charge is 0.182 e. The molecule has 0 aromatic carbocycles. The fourth-order valence-electron chi connectivity index (χ4n) is 1.30. The largest absolute Gasteiger partial charge is 0.385 e. The van der Waals surface area contributed by atoms with Gasteiger partial charge in [-0.1, -0.05) is 0 Å². The average molecular weight is 220 g/mol. The van der Waals surface area contributed by atoms with E-state index in [1.165, 1.54) is 6.20 Å². The Balaban J connectivity index is 2.24. The van der Waals surface area contributed by atoms with Crippen LogP contribution in [0.25, 0.3) is 0 Å². The van der Waals surface area contributed by atoms with Crippen LogP contribution in [0.2, 0.25) is 0 Å². The predicted octanol–water partition coefficient (Wildman–Crippen LogP) is 1.58. The van der Waals surface area contributed by atoms with Gasteiger partial charge in [-0.15, -0.1) is 0 Å². The molecule has 5 nitrogen and oxygen atoms in total. The second-order valence-corrected chi connectivity index (χ2v) is 3.35. The molecule has 0 saturated carbocycles. The number of methoxy groups -OCH3 is 1. The third kappa shape index (κ3) is 4.24. The number of unbranched alkanes of at least 4 members (excludes halogenated alkanes) is 2. The SMILES string of the molecule is COCCCCCNc1nccnc1C#N. The Morgan fingerprint density at radius 3 is 2.88 bits per heavy atom. The molecule has 86 valence electrons. The van der Waals surface area contributed by atoms with Crippen LogP contribution in [-0.4, -0.2) is 30.2 Å². The first kappa shape index (κ1) is 12.4. The molecule has 1 aromatic rings. The van der Waals surface area contributed by atoms with Crippen molar-refractivity contribution in [3.05, 3.63) is 18.1 Å². The van der Waals surface area contributed by atoms with Crippen molar-refractivity contribution in [2.45, 2.75) is 19.3 Å². The Morgan fingerprint density at radius 2 is 2.12 bits per heavy atom. The third-order valence-electron chi connectivity index (χ3n) is 2.12. The first-order chi connectivity index (χ1) is 7.88. The molecule has 1 rings (SSSR count). The predicted molar refractivity (Wildman–Crippen MR) is 61.0 cm³/mol. The minimum Gasteiger partial charge on any atom is -0.385 e. The molecule has 0 radical (unpaired) electrons. The van der Waals surface area contributed by atoms with Gasteiger partial charge in [0.15, 0.2) is 11.5 Å². The second kappa shape index (κ2) is 7.60. The topological polar surface area (TPSA) is 70.8 Å². The number of aromatic nitrogens is 2. The van der Waals surface area contributed by atoms with Crippen LogP contribution in [0, 0.1) is 11.3 Å². The molecule has 0 atom stereocenters. The van der Waals surface area contributed by atoms with Gasteiger partial charge in [0.05, 0.1) is 0 Å². The lowest BCUT2D eigenvalue weighted by Gasteiger charge is -2.05. The molecule has 0 aliphatic rings. The quantitative estimate of drug-likeness (QED) is 0.706. The summed E-state index contributed by atoms with van der Waals surface area (Å²) in [5, 5.41) is 11.9. The van der Waals surface area contributed by atoms with Crippen molar-refractivity contribution < 1.29 is 4.74 Å². The van der Waals surface area contributed by atoms with Crippen LogP contribution < -0.4 is 5.32 Å². The molecule has 1 N–H and O–H groups in total. The number of ether oxygens (including phenoxy) is 1. The van der Waals surface area contributed by atoms with E-state index in [9.17, 15) is 0 Å². The van der Waals surface area contributed by atoms with Crippen molar-refractivity contribution in [2.75, 3.05) is 25.6 Å². The number of hydrogen-bond donors (Lipinski definition) is 1. The van der Waals surface area contributed by atoms with Crippen LogP contribution in [-0.2, 0) is 4.74 Å². The molecule has 0 unspecified atom stereocenters. The van der Waals surface area contributed by atoms with Crippen LogP contribution in [0.4, 0.5) is 5.82 Å². The van der Waals surface area contributed by atoms with Gasteiger partial charge in [-0.25, -0.2) is 9.97 Å². The van der Waals surface area contributed by atoms with Crippen molar-refractivity contribution in [1.82, 2.24) is 9.97 Å². The van der Waals surface area contributed by atoms with E-state index in [0.717, 1.165) is 32.4 Å². The summed E-state index contributed by atoms with van der Waals surface area (Å²) in [5.41, 5.74) is 0.347. The average Bonchev–Trinajstić information content (AvgIpc) is 2.34. The van der Waals surface area contributed by atoms with E-state index < -0.39 is 0 Å². The van der Waals surface area contributed by atoms with Crippen molar-refractivity contribution in [3.8, 4) is 6.07 Å². The number of anilines is 1. The Bertz CT molecular complexity index is 348. The summed E-state index contributed by atoms with van der Waals surface area (Å²) in [5.74, 6) is 0.566. The van der Waals surface area contributed by atoms with Gasteiger partial charge in [0, 0.05) is 32.7 Å². The van der Waals surface area contributed by atoms with Crippen molar-refractivity contribution in [1.29, 1.82) is 5.26 Å². The molecule has 0 aliphatic heterocycles. The van der Waals surface area contributed by atoms with Gasteiger partial charge in [0.2, 0.25) is 0 Å². The molecule has 0 spiro atoms. The Labute approximate surface area is 95.5 Å². The lowest BCUT2D eigenvalue weighted by molar-refractivity contribution is 0.192. The van der Waals surface area contributed by atoms with Gasteiger partial charge in [-0.05, 0) is 19.3 Å². The van der Waals surface area contributed by atoms with Gasteiger partial charge in [0.1, 0.15) is 6.07 Å². The maximum atomic E-state index is 8.78. The van der Waals surface area contributed by atoms with E-state index in [1.54, 1.807) is 13.3 Å². The lowest BCUT2D eigenvalue weighted by Crippen LogP contribution is -2.06. The first-order valence-electron chi connectivity index (χ1n) is 5.32. The first-order valence-corrected chi connectivity index (χ1v) is 5.32. The molecular weight excluding hydrogens is 204 g/mol. The summed E-state index contributed by atoms with van der Waals surface area (Å²) in [6.07, 6.45) is 6.29. The molecular formula is C11H16N4O. The Morgan fingerprint density at radius 1 is 1.31 bits per heavy atom.